The first kappa shape index (κ1) is 32.8. The number of piperidine rings is 1. The van der Waals surface area contributed by atoms with Crippen LogP contribution in [-0.2, 0) is 17.1 Å². The molecule has 0 bridgehead atoms. The fourth-order valence-corrected chi connectivity index (χ4v) is 5.27. The summed E-state index contributed by atoms with van der Waals surface area (Å²) in [6, 6.07) is 8.97. The summed E-state index contributed by atoms with van der Waals surface area (Å²) in [4.78, 5) is 18.8. The molecule has 41 heavy (non-hydrogen) atoms. The number of alkyl halides is 6. The van der Waals surface area contributed by atoms with Gasteiger partial charge in [-0.1, -0.05) is 25.4 Å². The van der Waals surface area contributed by atoms with E-state index in [9.17, 15) is 31.1 Å². The summed E-state index contributed by atoms with van der Waals surface area (Å²) in [6.45, 7) is 8.81. The number of rotatable bonds is 7. The van der Waals surface area contributed by atoms with Crippen molar-refractivity contribution in [3.63, 3.8) is 0 Å². The Bertz CT molecular complexity index is 1110. The first-order valence-corrected chi connectivity index (χ1v) is 14.3. The number of anilines is 2. The second-order valence-corrected chi connectivity index (χ2v) is 10.4. The lowest BCUT2D eigenvalue weighted by Gasteiger charge is -2.36. The van der Waals surface area contributed by atoms with E-state index in [1.807, 2.05) is 18.7 Å². The first-order chi connectivity index (χ1) is 19.4. The fourth-order valence-electron chi connectivity index (χ4n) is 5.04. The summed E-state index contributed by atoms with van der Waals surface area (Å²) in [5.74, 6) is 0.0719. The Kier molecular flexibility index (Phi) is 11.6. The van der Waals surface area contributed by atoms with Crippen molar-refractivity contribution >= 4 is 28.9 Å². The van der Waals surface area contributed by atoms with E-state index in [-0.39, 0.29) is 17.0 Å². The minimum atomic E-state index is -4.52. The molecule has 2 heterocycles. The molecule has 12 heteroatoms. The number of amides is 1. The molecule has 0 atom stereocenters. The molecule has 0 saturated carbocycles. The van der Waals surface area contributed by atoms with Crippen LogP contribution >= 0.6 is 11.6 Å². The molecule has 0 aliphatic carbocycles. The zero-order valence-electron chi connectivity index (χ0n) is 23.3. The van der Waals surface area contributed by atoms with Gasteiger partial charge in [0, 0.05) is 63.1 Å². The van der Waals surface area contributed by atoms with Crippen molar-refractivity contribution < 1.29 is 31.1 Å². The summed E-state index contributed by atoms with van der Waals surface area (Å²) in [5, 5.41) is 2.80. The summed E-state index contributed by atoms with van der Waals surface area (Å²) in [6.07, 6.45) is -6.46. The van der Waals surface area contributed by atoms with E-state index >= 15 is 0 Å². The molecule has 0 spiro atoms. The summed E-state index contributed by atoms with van der Waals surface area (Å²) >= 11 is 5.69. The van der Waals surface area contributed by atoms with Gasteiger partial charge in [-0.15, -0.1) is 0 Å². The molecule has 2 aliphatic rings. The Morgan fingerprint density at radius 3 is 2.05 bits per heavy atom. The number of likely N-dealkylation sites (tertiary alicyclic amines) is 1. The Morgan fingerprint density at radius 1 is 0.878 bits per heavy atom. The van der Waals surface area contributed by atoms with Crippen LogP contribution in [0.5, 0.6) is 0 Å². The van der Waals surface area contributed by atoms with Gasteiger partial charge >= 0.3 is 12.4 Å². The van der Waals surface area contributed by atoms with Crippen molar-refractivity contribution in [3.05, 3.63) is 58.6 Å². The molecular weight excluding hydrogens is 570 g/mol. The van der Waals surface area contributed by atoms with Crippen LogP contribution in [0.3, 0.4) is 0 Å². The van der Waals surface area contributed by atoms with Crippen LogP contribution in [0, 0.1) is 0 Å². The number of halogens is 7. The van der Waals surface area contributed by atoms with Gasteiger partial charge in [0.1, 0.15) is 0 Å². The van der Waals surface area contributed by atoms with Gasteiger partial charge in [-0.3, -0.25) is 9.69 Å². The van der Waals surface area contributed by atoms with Crippen LogP contribution in [0.15, 0.2) is 42.5 Å². The predicted molar refractivity (Wildman–Crippen MR) is 150 cm³/mol. The molecule has 2 aromatic carbocycles. The Labute approximate surface area is 242 Å². The Balaban J connectivity index is 0.00000226. The average molecular weight is 607 g/mol. The summed E-state index contributed by atoms with van der Waals surface area (Å²) in [7, 11) is 0. The van der Waals surface area contributed by atoms with Crippen molar-refractivity contribution in [2.45, 2.75) is 57.9 Å². The van der Waals surface area contributed by atoms with Crippen LogP contribution in [0.1, 0.15) is 50.7 Å². The molecule has 2 saturated heterocycles. The molecule has 0 radical (unpaired) electrons. The molecule has 1 amide bonds. The third kappa shape index (κ3) is 9.43. The van der Waals surface area contributed by atoms with E-state index in [1.165, 1.54) is 24.3 Å². The van der Waals surface area contributed by atoms with Crippen LogP contribution < -0.4 is 10.2 Å². The molecule has 0 aromatic heterocycles. The number of hydrogen-bond donors (Lipinski definition) is 1. The smallest absolute Gasteiger partial charge is 0.382 e. The maximum atomic E-state index is 13.1. The lowest BCUT2D eigenvalue weighted by atomic mass is 10.0. The van der Waals surface area contributed by atoms with E-state index in [0.717, 1.165) is 43.5 Å². The fraction of sp³-hybridized carbons (Fsp3) is 0.552. The van der Waals surface area contributed by atoms with Gasteiger partial charge in [-0.2, -0.15) is 26.3 Å². The third-order valence-corrected chi connectivity index (χ3v) is 7.62. The number of hydrogen-bond acceptors (Lipinski definition) is 4. The van der Waals surface area contributed by atoms with Gasteiger partial charge in [0.15, 0.2) is 0 Å². The van der Waals surface area contributed by atoms with Crippen molar-refractivity contribution in [1.29, 1.82) is 0 Å². The van der Waals surface area contributed by atoms with E-state index < -0.39 is 23.5 Å². The molecule has 5 nitrogen and oxygen atoms in total. The predicted octanol–water partition coefficient (Wildman–Crippen LogP) is 7.41. The Morgan fingerprint density at radius 2 is 1.49 bits per heavy atom. The van der Waals surface area contributed by atoms with Gasteiger partial charge in [-0.05, 0) is 68.3 Å². The molecule has 228 valence electrons. The maximum absolute atomic E-state index is 13.1. The van der Waals surface area contributed by atoms with E-state index in [2.05, 4.69) is 15.1 Å². The van der Waals surface area contributed by atoms with Crippen LogP contribution in [0.2, 0.25) is 5.02 Å². The van der Waals surface area contributed by atoms with E-state index in [0.29, 0.717) is 57.5 Å². The lowest BCUT2D eigenvalue weighted by molar-refractivity contribution is -0.138. The minimum Gasteiger partial charge on any atom is -0.382 e. The van der Waals surface area contributed by atoms with Gasteiger partial charge in [0.2, 0.25) is 5.91 Å². The molecular formula is C29H37ClF6N4O. The number of carbonyl (C=O) groups excluding carboxylic acids is 1. The maximum Gasteiger partial charge on any atom is 0.417 e. The number of carbonyl (C=O) groups is 1. The molecule has 0 unspecified atom stereocenters. The largest absolute Gasteiger partial charge is 0.417 e. The second kappa shape index (κ2) is 14.5. The highest BCUT2D eigenvalue weighted by molar-refractivity contribution is 6.31. The SMILES string of the molecule is CC.O=C(CCCN1CCN(c2ccc(C(F)(F)F)cc2)CC1)N1CCC(Nc2ccc(Cl)c(C(F)(F)F)c2)CC1. The monoisotopic (exact) mass is 606 g/mol. The van der Waals surface area contributed by atoms with Crippen LogP contribution in [0.25, 0.3) is 0 Å². The topological polar surface area (TPSA) is 38.8 Å². The van der Waals surface area contributed by atoms with Crippen LogP contribution in [0.4, 0.5) is 37.7 Å². The number of piperazine rings is 1. The normalized spacial score (nSPS) is 17.2. The van der Waals surface area contributed by atoms with E-state index in [1.54, 1.807) is 0 Å². The average Bonchev–Trinajstić information content (AvgIpc) is 2.95. The summed E-state index contributed by atoms with van der Waals surface area (Å²) in [5.41, 5.74) is -0.401. The minimum absolute atomic E-state index is 0.0303. The quantitative estimate of drug-likeness (QED) is 0.333. The zero-order valence-corrected chi connectivity index (χ0v) is 24.0. The second-order valence-electron chi connectivity index (χ2n) is 9.97. The van der Waals surface area contributed by atoms with Gasteiger partial charge in [-0.25, -0.2) is 0 Å². The molecule has 1 N–H and O–H groups in total. The van der Waals surface area contributed by atoms with Gasteiger partial charge in [0.05, 0.1) is 16.1 Å². The van der Waals surface area contributed by atoms with Crippen molar-refractivity contribution in [2.75, 3.05) is 56.0 Å². The molecule has 4 rings (SSSR count). The highest BCUT2D eigenvalue weighted by Crippen LogP contribution is 2.36. The number of nitrogens with one attached hydrogen (secondary N) is 1. The Hall–Kier alpha value is -2.66. The van der Waals surface area contributed by atoms with Crippen molar-refractivity contribution in [3.8, 4) is 0 Å². The first-order valence-electron chi connectivity index (χ1n) is 14.0. The van der Waals surface area contributed by atoms with Crippen molar-refractivity contribution in [2.24, 2.45) is 0 Å². The number of nitrogens with zero attached hydrogens (tertiary/aromatic N) is 3. The highest BCUT2D eigenvalue weighted by atomic mass is 35.5. The molecule has 2 aliphatic heterocycles. The zero-order chi connectivity index (χ0) is 30.2. The van der Waals surface area contributed by atoms with E-state index in [4.69, 9.17) is 11.6 Å². The third-order valence-electron chi connectivity index (χ3n) is 7.29. The molecule has 2 aromatic rings. The van der Waals surface area contributed by atoms with Crippen LogP contribution in [-0.4, -0.2) is 67.6 Å². The van der Waals surface area contributed by atoms with Gasteiger partial charge < -0.3 is 15.1 Å². The van der Waals surface area contributed by atoms with Gasteiger partial charge in [0.25, 0.3) is 0 Å². The molecule has 2 fully saturated rings. The van der Waals surface area contributed by atoms with Crippen molar-refractivity contribution in [1.82, 2.24) is 9.80 Å². The highest BCUT2D eigenvalue weighted by Gasteiger charge is 2.34. The standard InChI is InChI=1S/C27H31ClF6N4O.C2H6/c28-24-8-5-21(18-23(24)27(32,33)34)35-20-9-12-38(13-10-20)25(39)2-1-11-36-14-16-37(17-15-36)22-6-3-19(4-7-22)26(29,30)31;1-2/h3-8,18,20,35H,1-2,9-17H2;1-2H3. The lowest BCUT2D eigenvalue weighted by Crippen LogP contribution is -2.47. The summed E-state index contributed by atoms with van der Waals surface area (Å²) < 4.78 is 77.6. The number of benzene rings is 2.